The van der Waals surface area contributed by atoms with E-state index in [1.807, 2.05) is 68.4 Å². The van der Waals surface area contributed by atoms with Crippen molar-refractivity contribution < 1.29 is 27.5 Å². The van der Waals surface area contributed by atoms with Gasteiger partial charge in [-0.2, -0.15) is 0 Å². The SMILES string of the molecule is CCNC(=O)[C@H](Cc1ccccc1)N(Cc1ccc(Br)cc1)C(=O)CN(c1ccc(OC)c(OC)c1)S(=O)(=O)c1ccc(C)cc1. The Morgan fingerprint density at radius 3 is 2.11 bits per heavy atom. The number of benzene rings is 4. The molecule has 11 heteroatoms. The second-order valence-corrected chi connectivity index (χ2v) is 13.4. The number of nitrogens with one attached hydrogen (secondary N) is 1. The van der Waals surface area contributed by atoms with Gasteiger partial charge in [-0.15, -0.1) is 0 Å². The van der Waals surface area contributed by atoms with Crippen LogP contribution in [0.1, 0.15) is 23.6 Å². The van der Waals surface area contributed by atoms with Crippen LogP contribution in [0.15, 0.2) is 106 Å². The predicted octanol–water partition coefficient (Wildman–Crippen LogP) is 5.75. The van der Waals surface area contributed by atoms with E-state index in [1.165, 1.54) is 37.3 Å². The zero-order valence-corrected chi connectivity index (χ0v) is 28.7. The Bertz CT molecular complexity index is 1730. The van der Waals surface area contributed by atoms with E-state index in [9.17, 15) is 18.0 Å². The molecule has 46 heavy (non-hydrogen) atoms. The lowest BCUT2D eigenvalue weighted by Gasteiger charge is -2.34. The number of carbonyl (C=O) groups excluding carboxylic acids is 2. The number of amides is 2. The van der Waals surface area contributed by atoms with Gasteiger partial charge in [0, 0.05) is 30.0 Å². The molecule has 1 N–H and O–H groups in total. The van der Waals surface area contributed by atoms with Crippen LogP contribution in [0.4, 0.5) is 5.69 Å². The first kappa shape index (κ1) is 34.5. The van der Waals surface area contributed by atoms with Gasteiger partial charge in [-0.25, -0.2) is 8.42 Å². The van der Waals surface area contributed by atoms with Crippen molar-refractivity contribution >= 4 is 43.5 Å². The van der Waals surface area contributed by atoms with Crippen LogP contribution in [0.2, 0.25) is 0 Å². The van der Waals surface area contributed by atoms with E-state index >= 15 is 0 Å². The number of nitrogens with zero attached hydrogens (tertiary/aromatic N) is 2. The summed E-state index contributed by atoms with van der Waals surface area (Å²) in [6, 6.07) is 27.0. The minimum absolute atomic E-state index is 0.0182. The average molecular weight is 709 g/mol. The summed E-state index contributed by atoms with van der Waals surface area (Å²) >= 11 is 3.45. The van der Waals surface area contributed by atoms with Crippen LogP contribution in [0, 0.1) is 6.92 Å². The third kappa shape index (κ3) is 8.46. The van der Waals surface area contributed by atoms with Crippen molar-refractivity contribution in [2.24, 2.45) is 0 Å². The molecule has 0 unspecified atom stereocenters. The van der Waals surface area contributed by atoms with Crippen LogP contribution in [-0.4, -0.2) is 58.5 Å². The van der Waals surface area contributed by atoms with Gasteiger partial charge in [0.25, 0.3) is 10.0 Å². The number of anilines is 1. The molecule has 4 aromatic carbocycles. The van der Waals surface area contributed by atoms with Crippen LogP contribution in [-0.2, 0) is 32.6 Å². The molecular formula is C35H38BrN3O6S. The largest absolute Gasteiger partial charge is 0.493 e. The van der Waals surface area contributed by atoms with Gasteiger partial charge in [0.2, 0.25) is 11.8 Å². The second kappa shape index (κ2) is 15.8. The Kier molecular flexibility index (Phi) is 11.8. The smallest absolute Gasteiger partial charge is 0.264 e. The van der Waals surface area contributed by atoms with Gasteiger partial charge in [0.05, 0.1) is 24.8 Å². The van der Waals surface area contributed by atoms with Crippen LogP contribution in [0.3, 0.4) is 0 Å². The molecule has 0 heterocycles. The minimum atomic E-state index is -4.25. The summed E-state index contributed by atoms with van der Waals surface area (Å²) in [5, 5.41) is 2.87. The number of hydrogen-bond acceptors (Lipinski definition) is 6. The number of hydrogen-bond donors (Lipinski definition) is 1. The first-order valence-electron chi connectivity index (χ1n) is 14.7. The number of halogens is 1. The highest BCUT2D eigenvalue weighted by Gasteiger charge is 2.35. The zero-order valence-electron chi connectivity index (χ0n) is 26.3. The van der Waals surface area contributed by atoms with Gasteiger partial charge in [0.1, 0.15) is 12.6 Å². The highest BCUT2D eigenvalue weighted by molar-refractivity contribution is 9.10. The van der Waals surface area contributed by atoms with Crippen molar-refractivity contribution in [1.29, 1.82) is 0 Å². The van der Waals surface area contributed by atoms with Crippen LogP contribution < -0.4 is 19.1 Å². The van der Waals surface area contributed by atoms with Crippen molar-refractivity contribution in [3.05, 3.63) is 118 Å². The Morgan fingerprint density at radius 1 is 0.848 bits per heavy atom. The lowest BCUT2D eigenvalue weighted by molar-refractivity contribution is -0.140. The maximum absolute atomic E-state index is 14.5. The highest BCUT2D eigenvalue weighted by Crippen LogP contribution is 2.34. The van der Waals surface area contributed by atoms with Crippen molar-refractivity contribution in [1.82, 2.24) is 10.2 Å². The monoisotopic (exact) mass is 707 g/mol. The number of aryl methyl sites for hydroxylation is 1. The van der Waals surface area contributed by atoms with E-state index in [4.69, 9.17) is 9.47 Å². The van der Waals surface area contributed by atoms with E-state index in [0.29, 0.717) is 18.0 Å². The number of methoxy groups -OCH3 is 2. The Balaban J connectivity index is 1.83. The fourth-order valence-corrected chi connectivity index (χ4v) is 6.65. The van der Waals surface area contributed by atoms with Crippen molar-refractivity contribution in [2.45, 2.75) is 37.8 Å². The van der Waals surface area contributed by atoms with Gasteiger partial charge in [-0.05, 0) is 61.4 Å². The summed E-state index contributed by atoms with van der Waals surface area (Å²) in [4.78, 5) is 29.6. The molecule has 1 atom stereocenters. The molecule has 2 amide bonds. The van der Waals surface area contributed by atoms with Crippen LogP contribution in [0.5, 0.6) is 11.5 Å². The van der Waals surface area contributed by atoms with Crippen molar-refractivity contribution in [2.75, 3.05) is 31.6 Å². The van der Waals surface area contributed by atoms with E-state index in [2.05, 4.69) is 21.2 Å². The third-order valence-corrected chi connectivity index (χ3v) is 9.75. The van der Waals surface area contributed by atoms with Gasteiger partial charge < -0.3 is 19.7 Å². The summed E-state index contributed by atoms with van der Waals surface area (Å²) in [5.41, 5.74) is 2.72. The maximum Gasteiger partial charge on any atom is 0.264 e. The van der Waals surface area contributed by atoms with Crippen molar-refractivity contribution in [3.8, 4) is 11.5 Å². The van der Waals surface area contributed by atoms with E-state index in [0.717, 1.165) is 25.5 Å². The van der Waals surface area contributed by atoms with Crippen LogP contribution >= 0.6 is 15.9 Å². The predicted molar refractivity (Wildman–Crippen MR) is 183 cm³/mol. The number of sulfonamides is 1. The number of carbonyl (C=O) groups is 2. The molecule has 4 aromatic rings. The molecule has 0 aliphatic rings. The lowest BCUT2D eigenvalue weighted by Crippen LogP contribution is -2.53. The molecule has 4 rings (SSSR count). The second-order valence-electron chi connectivity index (χ2n) is 10.6. The van der Waals surface area contributed by atoms with Gasteiger partial charge in [-0.3, -0.25) is 13.9 Å². The molecule has 0 fully saturated rings. The molecule has 0 bridgehead atoms. The number of rotatable bonds is 14. The number of likely N-dealkylation sites (N-methyl/N-ethyl adjacent to an activating group) is 1. The summed E-state index contributed by atoms with van der Waals surface area (Å²) in [6.07, 6.45) is 0.232. The first-order valence-corrected chi connectivity index (χ1v) is 17.0. The van der Waals surface area contributed by atoms with Crippen LogP contribution in [0.25, 0.3) is 0 Å². The molecule has 0 aliphatic carbocycles. The lowest BCUT2D eigenvalue weighted by atomic mass is 10.0. The first-order chi connectivity index (χ1) is 22.1. The highest BCUT2D eigenvalue weighted by atomic mass is 79.9. The molecular weight excluding hydrogens is 670 g/mol. The molecule has 242 valence electrons. The normalized spacial score (nSPS) is 11.8. The maximum atomic E-state index is 14.5. The summed E-state index contributed by atoms with van der Waals surface area (Å²) in [6.45, 7) is 3.54. The molecule has 0 spiro atoms. The molecule has 0 saturated heterocycles. The third-order valence-electron chi connectivity index (χ3n) is 7.43. The van der Waals surface area contributed by atoms with Crippen molar-refractivity contribution in [3.63, 3.8) is 0 Å². The quantitative estimate of drug-likeness (QED) is 0.179. The Hall–Kier alpha value is -4.35. The van der Waals surface area contributed by atoms with E-state index in [-0.39, 0.29) is 29.5 Å². The van der Waals surface area contributed by atoms with Gasteiger partial charge in [0.15, 0.2) is 11.5 Å². The molecule has 0 aliphatic heterocycles. The fourth-order valence-electron chi connectivity index (χ4n) is 4.98. The van der Waals surface area contributed by atoms with Gasteiger partial charge >= 0.3 is 0 Å². The topological polar surface area (TPSA) is 105 Å². The zero-order chi connectivity index (χ0) is 33.3. The average Bonchev–Trinajstić information content (AvgIpc) is 3.06. The molecule has 0 aromatic heterocycles. The van der Waals surface area contributed by atoms with Gasteiger partial charge in [-0.1, -0.05) is 76.1 Å². The molecule has 0 saturated carbocycles. The minimum Gasteiger partial charge on any atom is -0.493 e. The fraction of sp³-hybridized carbons (Fsp3) is 0.257. The summed E-state index contributed by atoms with van der Waals surface area (Å²) in [7, 11) is -1.32. The number of ether oxygens (including phenoxy) is 2. The molecule has 0 radical (unpaired) electrons. The Labute approximate surface area is 279 Å². The van der Waals surface area contributed by atoms with E-state index in [1.54, 1.807) is 24.3 Å². The summed E-state index contributed by atoms with van der Waals surface area (Å²) < 4.78 is 41.2. The standard InChI is InChI=1S/C35H38BrN3O6S/c1-5-37-35(41)31(21-26-9-7-6-8-10-26)38(23-27-13-15-28(36)16-14-27)34(40)24-39(29-17-20-32(44-3)33(22-29)45-4)46(42,43)30-18-11-25(2)12-19-30/h6-20,22,31H,5,21,23-24H2,1-4H3,(H,37,41)/t31-/m0/s1. The van der Waals surface area contributed by atoms with E-state index < -0.39 is 28.5 Å². The summed E-state index contributed by atoms with van der Waals surface area (Å²) in [5.74, 6) is -0.190. The molecule has 9 nitrogen and oxygen atoms in total. The Morgan fingerprint density at radius 2 is 1.50 bits per heavy atom.